The molecule has 1 atom stereocenters. The van der Waals surface area contributed by atoms with E-state index in [1.807, 2.05) is 13.0 Å². The molecule has 0 aliphatic carbocycles. The van der Waals surface area contributed by atoms with E-state index in [1.54, 1.807) is 22.7 Å². The lowest BCUT2D eigenvalue weighted by Crippen LogP contribution is -2.01. The van der Waals surface area contributed by atoms with E-state index in [4.69, 9.17) is 0 Å². The van der Waals surface area contributed by atoms with Crippen LogP contribution in [-0.4, -0.2) is 16.7 Å². The van der Waals surface area contributed by atoms with Crippen LogP contribution < -0.4 is 0 Å². The summed E-state index contributed by atoms with van der Waals surface area (Å²) in [6, 6.07) is 4.13. The SMILES string of the molecule is CCC(CO)c1sc(-c2cccs2)nc1C. The maximum atomic E-state index is 9.33. The van der Waals surface area contributed by atoms with Crippen molar-refractivity contribution in [2.75, 3.05) is 6.61 Å². The van der Waals surface area contributed by atoms with Crippen LogP contribution in [0.5, 0.6) is 0 Å². The molecule has 0 saturated carbocycles. The van der Waals surface area contributed by atoms with Crippen LogP contribution in [0.3, 0.4) is 0 Å². The van der Waals surface area contributed by atoms with Gasteiger partial charge in [0.05, 0.1) is 17.2 Å². The van der Waals surface area contributed by atoms with Gasteiger partial charge in [-0.3, -0.25) is 0 Å². The highest BCUT2D eigenvalue weighted by molar-refractivity contribution is 7.21. The van der Waals surface area contributed by atoms with Crippen LogP contribution in [0, 0.1) is 6.92 Å². The average Bonchev–Trinajstić information content (AvgIpc) is 2.90. The Balaban J connectivity index is 2.35. The van der Waals surface area contributed by atoms with Gasteiger partial charge in [-0.25, -0.2) is 4.98 Å². The molecule has 0 fully saturated rings. The zero-order valence-electron chi connectivity index (χ0n) is 9.43. The predicted molar refractivity (Wildman–Crippen MR) is 70.3 cm³/mol. The molecule has 0 saturated heterocycles. The van der Waals surface area contributed by atoms with Crippen LogP contribution in [0.1, 0.15) is 29.8 Å². The molecule has 2 rings (SSSR count). The van der Waals surface area contributed by atoms with Gasteiger partial charge in [-0.1, -0.05) is 13.0 Å². The van der Waals surface area contributed by atoms with Gasteiger partial charge in [0.2, 0.25) is 0 Å². The third-order valence-electron chi connectivity index (χ3n) is 2.65. The van der Waals surface area contributed by atoms with E-state index in [0.717, 1.165) is 17.1 Å². The Hall–Kier alpha value is -0.710. The number of aromatic nitrogens is 1. The summed E-state index contributed by atoms with van der Waals surface area (Å²) in [5.74, 6) is 0.242. The van der Waals surface area contributed by atoms with Crippen molar-refractivity contribution < 1.29 is 5.11 Å². The van der Waals surface area contributed by atoms with Gasteiger partial charge in [0.25, 0.3) is 0 Å². The predicted octanol–water partition coefficient (Wildman–Crippen LogP) is 3.67. The van der Waals surface area contributed by atoms with E-state index in [-0.39, 0.29) is 12.5 Å². The molecule has 16 heavy (non-hydrogen) atoms. The molecule has 2 nitrogen and oxygen atoms in total. The minimum Gasteiger partial charge on any atom is -0.396 e. The first-order chi connectivity index (χ1) is 7.76. The summed E-state index contributed by atoms with van der Waals surface area (Å²) in [7, 11) is 0. The normalized spacial score (nSPS) is 12.9. The van der Waals surface area contributed by atoms with Crippen molar-refractivity contribution in [3.8, 4) is 9.88 Å². The molecule has 1 unspecified atom stereocenters. The van der Waals surface area contributed by atoms with Crippen molar-refractivity contribution >= 4 is 22.7 Å². The molecule has 0 bridgehead atoms. The molecular formula is C12H15NOS2. The van der Waals surface area contributed by atoms with Gasteiger partial charge in [0.1, 0.15) is 5.01 Å². The highest BCUT2D eigenvalue weighted by Gasteiger charge is 2.17. The average molecular weight is 253 g/mol. The first kappa shape index (κ1) is 11.8. The minimum atomic E-state index is 0.212. The second kappa shape index (κ2) is 5.08. The van der Waals surface area contributed by atoms with E-state index in [0.29, 0.717) is 0 Å². The summed E-state index contributed by atoms with van der Waals surface area (Å²) in [5.41, 5.74) is 1.06. The molecule has 0 aliphatic heterocycles. The molecule has 0 aliphatic rings. The zero-order chi connectivity index (χ0) is 11.5. The lowest BCUT2D eigenvalue weighted by Gasteiger charge is -2.08. The Morgan fingerprint density at radius 3 is 2.88 bits per heavy atom. The Morgan fingerprint density at radius 1 is 1.50 bits per heavy atom. The smallest absolute Gasteiger partial charge is 0.133 e. The maximum absolute atomic E-state index is 9.33. The number of aliphatic hydroxyl groups excluding tert-OH is 1. The van der Waals surface area contributed by atoms with Gasteiger partial charge in [0.15, 0.2) is 0 Å². The Morgan fingerprint density at radius 2 is 2.31 bits per heavy atom. The van der Waals surface area contributed by atoms with Crippen molar-refractivity contribution in [3.63, 3.8) is 0 Å². The fourth-order valence-corrected chi connectivity index (χ4v) is 3.73. The van der Waals surface area contributed by atoms with Gasteiger partial charge < -0.3 is 5.11 Å². The fraction of sp³-hybridized carbons (Fsp3) is 0.417. The summed E-state index contributed by atoms with van der Waals surface area (Å²) in [5, 5.41) is 12.5. The lowest BCUT2D eigenvalue weighted by molar-refractivity contribution is 0.263. The number of hydrogen-bond acceptors (Lipinski definition) is 4. The number of aryl methyl sites for hydroxylation is 1. The third-order valence-corrected chi connectivity index (χ3v) is 5.01. The van der Waals surface area contributed by atoms with Crippen LogP contribution >= 0.6 is 22.7 Å². The number of nitrogens with zero attached hydrogens (tertiary/aromatic N) is 1. The first-order valence-electron chi connectivity index (χ1n) is 5.38. The number of rotatable bonds is 4. The van der Waals surface area contributed by atoms with Crippen molar-refractivity contribution in [1.82, 2.24) is 4.98 Å². The van der Waals surface area contributed by atoms with E-state index in [2.05, 4.69) is 23.4 Å². The molecule has 2 aromatic rings. The van der Waals surface area contributed by atoms with Crippen LogP contribution in [-0.2, 0) is 0 Å². The quantitative estimate of drug-likeness (QED) is 0.902. The van der Waals surface area contributed by atoms with Gasteiger partial charge in [-0.2, -0.15) is 0 Å². The highest BCUT2D eigenvalue weighted by Crippen LogP contribution is 2.35. The maximum Gasteiger partial charge on any atom is 0.133 e. The van der Waals surface area contributed by atoms with Crippen LogP contribution in [0.15, 0.2) is 17.5 Å². The highest BCUT2D eigenvalue weighted by atomic mass is 32.1. The topological polar surface area (TPSA) is 33.1 Å². The molecule has 4 heteroatoms. The van der Waals surface area contributed by atoms with E-state index in [9.17, 15) is 5.11 Å². The molecule has 0 radical (unpaired) electrons. The summed E-state index contributed by atoms with van der Waals surface area (Å²) in [4.78, 5) is 7.03. The van der Waals surface area contributed by atoms with Crippen LogP contribution in [0.2, 0.25) is 0 Å². The second-order valence-electron chi connectivity index (χ2n) is 3.73. The van der Waals surface area contributed by atoms with Crippen molar-refractivity contribution in [3.05, 3.63) is 28.1 Å². The van der Waals surface area contributed by atoms with Crippen molar-refractivity contribution in [2.45, 2.75) is 26.2 Å². The van der Waals surface area contributed by atoms with Gasteiger partial charge in [-0.15, -0.1) is 22.7 Å². The molecule has 86 valence electrons. The summed E-state index contributed by atoms with van der Waals surface area (Å²) < 4.78 is 0. The fourth-order valence-electron chi connectivity index (χ4n) is 1.69. The number of thiazole rings is 1. The van der Waals surface area contributed by atoms with E-state index < -0.39 is 0 Å². The zero-order valence-corrected chi connectivity index (χ0v) is 11.1. The van der Waals surface area contributed by atoms with E-state index in [1.165, 1.54) is 9.75 Å². The molecule has 2 aromatic heterocycles. The van der Waals surface area contributed by atoms with Crippen LogP contribution in [0.4, 0.5) is 0 Å². The summed E-state index contributed by atoms with van der Waals surface area (Å²) >= 11 is 3.42. The van der Waals surface area contributed by atoms with E-state index >= 15 is 0 Å². The van der Waals surface area contributed by atoms with Crippen molar-refractivity contribution in [2.24, 2.45) is 0 Å². The second-order valence-corrected chi connectivity index (χ2v) is 5.71. The Kier molecular flexibility index (Phi) is 3.74. The summed E-state index contributed by atoms with van der Waals surface area (Å²) in [6.45, 7) is 4.34. The molecular weight excluding hydrogens is 238 g/mol. The molecule has 2 heterocycles. The minimum absolute atomic E-state index is 0.212. The molecule has 0 amide bonds. The van der Waals surface area contributed by atoms with Gasteiger partial charge >= 0.3 is 0 Å². The standard InChI is InChI=1S/C12H15NOS2/c1-3-9(7-14)11-8(2)13-12(16-11)10-5-4-6-15-10/h4-6,9,14H,3,7H2,1-2H3. The monoisotopic (exact) mass is 253 g/mol. The Labute approximate surface area is 104 Å². The third kappa shape index (κ3) is 2.19. The molecule has 0 spiro atoms. The first-order valence-corrected chi connectivity index (χ1v) is 7.08. The number of thiophene rings is 1. The molecule has 0 aromatic carbocycles. The van der Waals surface area contributed by atoms with Gasteiger partial charge in [0, 0.05) is 10.8 Å². The Bertz CT molecular complexity index is 444. The van der Waals surface area contributed by atoms with Gasteiger partial charge in [-0.05, 0) is 24.8 Å². The van der Waals surface area contributed by atoms with Crippen molar-refractivity contribution in [1.29, 1.82) is 0 Å². The number of aliphatic hydroxyl groups is 1. The molecule has 1 N–H and O–H groups in total. The van der Waals surface area contributed by atoms with Crippen LogP contribution in [0.25, 0.3) is 9.88 Å². The summed E-state index contributed by atoms with van der Waals surface area (Å²) in [6.07, 6.45) is 0.962. The largest absolute Gasteiger partial charge is 0.396 e. The lowest BCUT2D eigenvalue weighted by atomic mass is 10.1. The number of hydrogen-bond donors (Lipinski definition) is 1.